The number of nitro groups is 1. The highest BCUT2D eigenvalue weighted by molar-refractivity contribution is 5.84. The average molecular weight is 293 g/mol. The highest BCUT2D eigenvalue weighted by atomic mass is 16.6. The second-order valence-electron chi connectivity index (χ2n) is 3.90. The Hall–Kier alpha value is -3.10. The van der Waals surface area contributed by atoms with Gasteiger partial charge in [0, 0.05) is 12.1 Å². The molecule has 2 aromatic rings. The van der Waals surface area contributed by atoms with Gasteiger partial charge in [-0.05, 0) is 12.1 Å². The van der Waals surface area contributed by atoms with Gasteiger partial charge in [-0.25, -0.2) is 4.79 Å². The Bertz CT molecular complexity index is 681. The molecule has 2 rings (SSSR count). The number of carbonyl (C=O) groups is 1. The van der Waals surface area contributed by atoms with Crippen LogP contribution in [0.2, 0.25) is 0 Å². The van der Waals surface area contributed by atoms with Crippen molar-refractivity contribution in [3.8, 4) is 5.88 Å². The van der Waals surface area contributed by atoms with Crippen molar-refractivity contribution in [3.63, 3.8) is 0 Å². The summed E-state index contributed by atoms with van der Waals surface area (Å²) in [6.07, 6.45) is 0. The smallest absolute Gasteiger partial charge is 0.371 e. The van der Waals surface area contributed by atoms with E-state index in [4.69, 9.17) is 14.3 Å². The molecule has 0 saturated carbocycles. The molecule has 21 heavy (non-hydrogen) atoms. The van der Waals surface area contributed by atoms with Crippen LogP contribution in [0, 0.1) is 10.1 Å². The van der Waals surface area contributed by atoms with Crippen LogP contribution in [0.3, 0.4) is 0 Å². The van der Waals surface area contributed by atoms with Crippen molar-refractivity contribution < 1.29 is 24.0 Å². The van der Waals surface area contributed by atoms with Crippen molar-refractivity contribution in [2.45, 2.75) is 6.54 Å². The topological polar surface area (TPSA) is 128 Å². The molecule has 110 valence electrons. The number of aromatic carboxylic acids is 1. The van der Waals surface area contributed by atoms with E-state index in [2.05, 4.69) is 10.3 Å². The fourth-order valence-electron chi connectivity index (χ4n) is 1.58. The van der Waals surface area contributed by atoms with Gasteiger partial charge in [0.1, 0.15) is 5.76 Å². The lowest BCUT2D eigenvalue weighted by atomic mass is 10.3. The van der Waals surface area contributed by atoms with Crippen LogP contribution in [0.25, 0.3) is 0 Å². The summed E-state index contributed by atoms with van der Waals surface area (Å²) in [4.78, 5) is 24.9. The van der Waals surface area contributed by atoms with Crippen LogP contribution in [0.5, 0.6) is 5.88 Å². The number of nitrogens with one attached hydrogen (secondary N) is 1. The summed E-state index contributed by atoms with van der Waals surface area (Å²) in [5.41, 5.74) is -0.221. The van der Waals surface area contributed by atoms with Crippen molar-refractivity contribution >= 4 is 17.5 Å². The first-order valence-corrected chi connectivity index (χ1v) is 5.76. The number of hydrogen-bond donors (Lipinski definition) is 2. The molecule has 0 unspecified atom stereocenters. The Morgan fingerprint density at radius 1 is 1.48 bits per heavy atom. The van der Waals surface area contributed by atoms with Crippen LogP contribution in [0.15, 0.2) is 28.7 Å². The summed E-state index contributed by atoms with van der Waals surface area (Å²) >= 11 is 0. The third-order valence-corrected chi connectivity index (χ3v) is 2.56. The number of ether oxygens (including phenoxy) is 1. The second kappa shape index (κ2) is 5.90. The van der Waals surface area contributed by atoms with E-state index in [1.807, 2.05) is 0 Å². The van der Waals surface area contributed by atoms with Gasteiger partial charge in [0.05, 0.1) is 18.6 Å². The summed E-state index contributed by atoms with van der Waals surface area (Å²) in [6.45, 7) is 0.0499. The molecule has 2 heterocycles. The van der Waals surface area contributed by atoms with Crippen LogP contribution in [0.1, 0.15) is 16.3 Å². The third-order valence-electron chi connectivity index (χ3n) is 2.56. The summed E-state index contributed by atoms with van der Waals surface area (Å²) < 4.78 is 9.94. The molecular formula is C12H11N3O6. The largest absolute Gasteiger partial charge is 0.481 e. The van der Waals surface area contributed by atoms with Crippen LogP contribution in [0.4, 0.5) is 11.5 Å². The van der Waals surface area contributed by atoms with Gasteiger partial charge in [-0.1, -0.05) is 0 Å². The first kappa shape index (κ1) is 14.3. The van der Waals surface area contributed by atoms with Crippen molar-refractivity contribution in [3.05, 3.63) is 45.9 Å². The molecule has 0 aliphatic heterocycles. The lowest BCUT2D eigenvalue weighted by Gasteiger charge is -2.06. The van der Waals surface area contributed by atoms with Gasteiger partial charge < -0.3 is 19.6 Å². The summed E-state index contributed by atoms with van der Waals surface area (Å²) in [5.74, 6) is -0.862. The minimum absolute atomic E-state index is 0.00706. The predicted molar refractivity (Wildman–Crippen MR) is 70.4 cm³/mol. The monoisotopic (exact) mass is 293 g/mol. The van der Waals surface area contributed by atoms with Gasteiger partial charge >= 0.3 is 11.7 Å². The number of anilines is 1. The molecule has 0 aliphatic carbocycles. The lowest BCUT2D eigenvalue weighted by molar-refractivity contribution is -0.384. The quantitative estimate of drug-likeness (QED) is 0.610. The second-order valence-corrected chi connectivity index (χ2v) is 3.90. The Morgan fingerprint density at radius 3 is 2.81 bits per heavy atom. The predicted octanol–water partition coefficient (Wildman–Crippen LogP) is 1.90. The van der Waals surface area contributed by atoms with Gasteiger partial charge in [-0.15, -0.1) is 0 Å². The number of hydrogen-bond acceptors (Lipinski definition) is 7. The van der Waals surface area contributed by atoms with Crippen molar-refractivity contribution in [2.24, 2.45) is 0 Å². The van der Waals surface area contributed by atoms with E-state index in [9.17, 15) is 14.9 Å². The maximum absolute atomic E-state index is 10.9. The van der Waals surface area contributed by atoms with Crippen LogP contribution in [-0.2, 0) is 6.54 Å². The summed E-state index contributed by atoms with van der Waals surface area (Å²) in [7, 11) is 1.39. The number of aromatic nitrogens is 1. The normalized spacial score (nSPS) is 10.1. The van der Waals surface area contributed by atoms with E-state index in [0.29, 0.717) is 5.76 Å². The zero-order valence-corrected chi connectivity index (χ0v) is 10.9. The Morgan fingerprint density at radius 2 is 2.24 bits per heavy atom. The van der Waals surface area contributed by atoms with Crippen molar-refractivity contribution in [2.75, 3.05) is 12.4 Å². The Balaban J connectivity index is 2.17. The molecule has 0 aliphatic rings. The van der Waals surface area contributed by atoms with E-state index < -0.39 is 10.9 Å². The van der Waals surface area contributed by atoms with Gasteiger partial charge in [-0.3, -0.25) is 10.1 Å². The zero-order valence-electron chi connectivity index (χ0n) is 10.9. The maximum Gasteiger partial charge on any atom is 0.371 e. The molecular weight excluding hydrogens is 282 g/mol. The molecule has 0 atom stereocenters. The van der Waals surface area contributed by atoms with E-state index >= 15 is 0 Å². The van der Waals surface area contributed by atoms with Crippen LogP contribution < -0.4 is 10.1 Å². The SMILES string of the molecule is COc1ccc([N+](=O)[O-])c(NCc2ccc(C(=O)O)o2)n1. The number of nitrogens with zero attached hydrogens (tertiary/aromatic N) is 2. The molecule has 9 heteroatoms. The number of methoxy groups -OCH3 is 1. The van der Waals surface area contributed by atoms with E-state index in [1.165, 1.54) is 31.4 Å². The molecule has 9 nitrogen and oxygen atoms in total. The Labute approximate surface area is 118 Å². The van der Waals surface area contributed by atoms with E-state index in [1.54, 1.807) is 0 Å². The molecule has 0 bridgehead atoms. The lowest BCUT2D eigenvalue weighted by Crippen LogP contribution is -2.05. The molecule has 0 saturated heterocycles. The van der Waals surface area contributed by atoms with Gasteiger partial charge in [-0.2, -0.15) is 4.98 Å². The highest BCUT2D eigenvalue weighted by Crippen LogP contribution is 2.25. The highest BCUT2D eigenvalue weighted by Gasteiger charge is 2.17. The number of carboxylic acids is 1. The molecule has 2 aromatic heterocycles. The van der Waals surface area contributed by atoms with Gasteiger partial charge in [0.15, 0.2) is 0 Å². The number of rotatable bonds is 6. The van der Waals surface area contributed by atoms with Gasteiger partial charge in [0.2, 0.25) is 17.5 Å². The summed E-state index contributed by atoms with van der Waals surface area (Å²) in [6, 6.07) is 5.40. The van der Waals surface area contributed by atoms with E-state index in [0.717, 1.165) is 0 Å². The molecule has 0 amide bonds. The number of carboxylic acid groups (broad SMARTS) is 1. The van der Waals surface area contributed by atoms with Crippen LogP contribution in [-0.4, -0.2) is 28.1 Å². The van der Waals surface area contributed by atoms with Gasteiger partial charge in [0.25, 0.3) is 0 Å². The number of pyridine rings is 1. The fraction of sp³-hybridized carbons (Fsp3) is 0.167. The zero-order chi connectivity index (χ0) is 15.4. The third kappa shape index (κ3) is 3.26. The average Bonchev–Trinajstić information content (AvgIpc) is 2.93. The molecule has 0 radical (unpaired) electrons. The van der Waals surface area contributed by atoms with Crippen molar-refractivity contribution in [1.29, 1.82) is 0 Å². The first-order valence-electron chi connectivity index (χ1n) is 5.76. The Kier molecular flexibility index (Phi) is 4.02. The molecule has 0 fully saturated rings. The maximum atomic E-state index is 10.9. The molecule has 2 N–H and O–H groups in total. The molecule has 0 aromatic carbocycles. The first-order chi connectivity index (χ1) is 10.0. The fourth-order valence-corrected chi connectivity index (χ4v) is 1.58. The molecule has 0 spiro atoms. The number of furan rings is 1. The van der Waals surface area contributed by atoms with Crippen LogP contribution >= 0.6 is 0 Å². The minimum Gasteiger partial charge on any atom is -0.481 e. The minimum atomic E-state index is -1.19. The van der Waals surface area contributed by atoms with E-state index in [-0.39, 0.29) is 29.7 Å². The van der Waals surface area contributed by atoms with Crippen molar-refractivity contribution in [1.82, 2.24) is 4.98 Å². The standard InChI is InChI=1S/C12H11N3O6/c1-20-10-5-3-8(15(18)19)11(14-10)13-6-7-2-4-9(21-7)12(16)17/h2-5H,6H2,1H3,(H,13,14)(H,16,17). The summed E-state index contributed by atoms with van der Waals surface area (Å²) in [5, 5.41) is 22.4.